The van der Waals surface area contributed by atoms with Gasteiger partial charge in [0, 0.05) is 17.2 Å². The Morgan fingerprint density at radius 1 is 0.941 bits per heavy atom. The molecule has 0 fully saturated rings. The van der Waals surface area contributed by atoms with Crippen molar-refractivity contribution in [2.24, 2.45) is 0 Å². The summed E-state index contributed by atoms with van der Waals surface area (Å²) < 4.78 is 11.2. The molecule has 4 aromatic rings. The Morgan fingerprint density at radius 3 is 2.50 bits per heavy atom. The van der Waals surface area contributed by atoms with E-state index in [1.54, 1.807) is 31.4 Å². The van der Waals surface area contributed by atoms with Crippen LogP contribution in [0.15, 0.2) is 84.9 Å². The molecule has 0 aliphatic heterocycles. The number of nitro benzene ring substituents is 1. The van der Waals surface area contributed by atoms with Crippen molar-refractivity contribution in [3.8, 4) is 11.5 Å². The summed E-state index contributed by atoms with van der Waals surface area (Å²) in [6, 6.07) is 23.7. The minimum absolute atomic E-state index is 0.0772. The third-order valence-corrected chi connectivity index (χ3v) is 5.46. The van der Waals surface area contributed by atoms with Gasteiger partial charge >= 0.3 is 5.69 Å². The molecule has 0 radical (unpaired) electrons. The predicted molar refractivity (Wildman–Crippen MR) is 132 cm³/mol. The first kappa shape index (κ1) is 22.7. The number of carbonyl (C=O) groups excluding carboxylic acids is 1. The highest BCUT2D eigenvalue weighted by molar-refractivity contribution is 6.08. The van der Waals surface area contributed by atoms with Crippen LogP contribution in [-0.2, 0) is 6.61 Å². The Balaban J connectivity index is 1.54. The van der Waals surface area contributed by atoms with E-state index < -0.39 is 4.92 Å². The fraction of sp³-hybridized carbons (Fsp3) is 0.107. The van der Waals surface area contributed by atoms with E-state index in [0.29, 0.717) is 16.9 Å². The quantitative estimate of drug-likeness (QED) is 0.131. The standard InChI is InChI=1S/C28H23NO5/c1-19-7-12-25(29(31)32)28(15-19)34-18-24-16-20(9-14-27(24)33-2)8-13-26(30)23-11-10-21-5-3-4-6-22(21)17-23/h3-17H,18H2,1-2H3/b13-8+. The second-order valence-electron chi connectivity index (χ2n) is 7.85. The van der Waals surface area contributed by atoms with Gasteiger partial charge < -0.3 is 9.47 Å². The van der Waals surface area contributed by atoms with Gasteiger partial charge in [-0.2, -0.15) is 0 Å². The van der Waals surface area contributed by atoms with E-state index in [2.05, 4.69) is 0 Å². The summed E-state index contributed by atoms with van der Waals surface area (Å²) in [5.41, 5.74) is 2.86. The number of allylic oxidation sites excluding steroid dienone is 1. The molecule has 0 aliphatic carbocycles. The summed E-state index contributed by atoms with van der Waals surface area (Å²) in [7, 11) is 1.55. The first-order valence-corrected chi connectivity index (χ1v) is 10.7. The number of hydrogen-bond acceptors (Lipinski definition) is 5. The lowest BCUT2D eigenvalue weighted by atomic mass is 10.0. The Morgan fingerprint density at radius 2 is 1.74 bits per heavy atom. The van der Waals surface area contributed by atoms with Gasteiger partial charge in [0.1, 0.15) is 12.4 Å². The number of carbonyl (C=O) groups is 1. The Kier molecular flexibility index (Phi) is 6.69. The van der Waals surface area contributed by atoms with Crippen LogP contribution >= 0.6 is 0 Å². The van der Waals surface area contributed by atoms with Gasteiger partial charge in [0.15, 0.2) is 11.5 Å². The van der Waals surface area contributed by atoms with Gasteiger partial charge in [-0.15, -0.1) is 0 Å². The average Bonchev–Trinajstić information content (AvgIpc) is 2.85. The van der Waals surface area contributed by atoms with Crippen molar-refractivity contribution in [3.63, 3.8) is 0 Å². The number of nitrogens with zero attached hydrogens (tertiary/aromatic N) is 1. The molecule has 0 spiro atoms. The smallest absolute Gasteiger partial charge is 0.310 e. The molecule has 6 nitrogen and oxygen atoms in total. The zero-order valence-electron chi connectivity index (χ0n) is 18.9. The summed E-state index contributed by atoms with van der Waals surface area (Å²) in [5, 5.41) is 13.4. The summed E-state index contributed by atoms with van der Waals surface area (Å²) >= 11 is 0. The van der Waals surface area contributed by atoms with Crippen molar-refractivity contribution in [2.75, 3.05) is 7.11 Å². The number of aryl methyl sites for hydroxylation is 1. The maximum Gasteiger partial charge on any atom is 0.310 e. The minimum atomic E-state index is -0.469. The fourth-order valence-corrected chi connectivity index (χ4v) is 3.67. The lowest BCUT2D eigenvalue weighted by Gasteiger charge is -2.12. The molecule has 0 saturated carbocycles. The minimum Gasteiger partial charge on any atom is -0.496 e. The molecule has 0 heterocycles. The number of rotatable bonds is 8. The third kappa shape index (κ3) is 5.13. The van der Waals surface area contributed by atoms with E-state index in [-0.39, 0.29) is 23.8 Å². The number of hydrogen-bond donors (Lipinski definition) is 0. The molecule has 4 aromatic carbocycles. The molecule has 0 aliphatic rings. The average molecular weight is 453 g/mol. The van der Waals surface area contributed by atoms with Crippen LogP contribution in [0.3, 0.4) is 0 Å². The summed E-state index contributed by atoms with van der Waals surface area (Å²) in [4.78, 5) is 23.6. The van der Waals surface area contributed by atoms with Gasteiger partial charge in [-0.1, -0.05) is 54.6 Å². The molecule has 0 aromatic heterocycles. The number of nitro groups is 1. The van der Waals surface area contributed by atoms with Crippen LogP contribution in [0.2, 0.25) is 0 Å². The lowest BCUT2D eigenvalue weighted by Crippen LogP contribution is -2.02. The normalized spacial score (nSPS) is 11.0. The molecule has 6 heteroatoms. The van der Waals surface area contributed by atoms with E-state index in [9.17, 15) is 14.9 Å². The fourth-order valence-electron chi connectivity index (χ4n) is 3.67. The number of methoxy groups -OCH3 is 1. The van der Waals surface area contributed by atoms with E-state index in [4.69, 9.17) is 9.47 Å². The topological polar surface area (TPSA) is 78.7 Å². The van der Waals surface area contributed by atoms with Crippen molar-refractivity contribution in [1.29, 1.82) is 0 Å². The van der Waals surface area contributed by atoms with Gasteiger partial charge in [0.25, 0.3) is 0 Å². The van der Waals surface area contributed by atoms with Crippen LogP contribution in [0.25, 0.3) is 16.8 Å². The van der Waals surface area contributed by atoms with E-state index in [0.717, 1.165) is 21.9 Å². The highest BCUT2D eigenvalue weighted by Crippen LogP contribution is 2.30. The van der Waals surface area contributed by atoms with Crippen LogP contribution in [0.4, 0.5) is 5.69 Å². The molecule has 0 amide bonds. The van der Waals surface area contributed by atoms with Gasteiger partial charge in [0.2, 0.25) is 0 Å². The second kappa shape index (κ2) is 10.0. The highest BCUT2D eigenvalue weighted by atomic mass is 16.6. The Bertz CT molecular complexity index is 1410. The number of benzene rings is 4. The monoisotopic (exact) mass is 453 g/mol. The molecule has 0 saturated heterocycles. The van der Waals surface area contributed by atoms with E-state index in [1.807, 2.05) is 61.5 Å². The SMILES string of the molecule is COc1ccc(/C=C/C(=O)c2ccc3ccccc3c2)cc1COc1cc(C)ccc1[N+](=O)[O-]. The first-order valence-electron chi connectivity index (χ1n) is 10.7. The van der Waals surface area contributed by atoms with Crippen LogP contribution in [0, 0.1) is 17.0 Å². The van der Waals surface area contributed by atoms with Crippen LogP contribution in [0.1, 0.15) is 27.0 Å². The van der Waals surface area contributed by atoms with Gasteiger partial charge in [-0.05, 0) is 59.2 Å². The first-order chi connectivity index (χ1) is 16.4. The summed E-state index contributed by atoms with van der Waals surface area (Å²) in [6.45, 7) is 1.92. The Labute approximate surface area is 197 Å². The van der Waals surface area contributed by atoms with Gasteiger partial charge in [0.05, 0.1) is 12.0 Å². The number of ketones is 1. The molecule has 170 valence electrons. The lowest BCUT2D eigenvalue weighted by molar-refractivity contribution is -0.386. The van der Waals surface area contributed by atoms with Crippen molar-refractivity contribution >= 4 is 28.3 Å². The molecule has 0 bridgehead atoms. The number of fused-ring (bicyclic) bond motifs is 1. The zero-order valence-corrected chi connectivity index (χ0v) is 18.9. The van der Waals surface area contributed by atoms with E-state index >= 15 is 0 Å². The van der Waals surface area contributed by atoms with Crippen LogP contribution in [-0.4, -0.2) is 17.8 Å². The molecule has 0 N–H and O–H groups in total. The zero-order chi connectivity index (χ0) is 24.1. The van der Waals surface area contributed by atoms with Crippen molar-refractivity contribution in [3.05, 3.63) is 117 Å². The maximum absolute atomic E-state index is 12.7. The van der Waals surface area contributed by atoms with Crippen LogP contribution < -0.4 is 9.47 Å². The molecular formula is C28H23NO5. The molecule has 34 heavy (non-hydrogen) atoms. The largest absolute Gasteiger partial charge is 0.496 e. The van der Waals surface area contributed by atoms with Crippen molar-refractivity contribution < 1.29 is 19.2 Å². The summed E-state index contributed by atoms with van der Waals surface area (Å²) in [5.74, 6) is 0.683. The highest BCUT2D eigenvalue weighted by Gasteiger charge is 2.16. The summed E-state index contributed by atoms with van der Waals surface area (Å²) in [6.07, 6.45) is 3.26. The van der Waals surface area contributed by atoms with Gasteiger partial charge in [-0.25, -0.2) is 0 Å². The second-order valence-corrected chi connectivity index (χ2v) is 7.85. The van der Waals surface area contributed by atoms with Crippen LogP contribution in [0.5, 0.6) is 11.5 Å². The third-order valence-electron chi connectivity index (χ3n) is 5.46. The van der Waals surface area contributed by atoms with Crippen molar-refractivity contribution in [1.82, 2.24) is 0 Å². The molecule has 4 rings (SSSR count). The molecule has 0 unspecified atom stereocenters. The molecular weight excluding hydrogens is 430 g/mol. The Hall–Kier alpha value is -4.45. The van der Waals surface area contributed by atoms with Crippen molar-refractivity contribution in [2.45, 2.75) is 13.5 Å². The van der Waals surface area contributed by atoms with E-state index in [1.165, 1.54) is 12.1 Å². The predicted octanol–water partition coefficient (Wildman–Crippen LogP) is 6.54. The number of ether oxygens (including phenoxy) is 2. The maximum atomic E-state index is 12.7. The van der Waals surface area contributed by atoms with Gasteiger partial charge in [-0.3, -0.25) is 14.9 Å². The molecule has 0 atom stereocenters.